The zero-order valence-electron chi connectivity index (χ0n) is 15.2. The van der Waals surface area contributed by atoms with Gasteiger partial charge in [0.05, 0.1) is 5.69 Å². The Balaban J connectivity index is 1.77. The van der Waals surface area contributed by atoms with Crippen molar-refractivity contribution in [3.63, 3.8) is 0 Å². The van der Waals surface area contributed by atoms with Gasteiger partial charge in [-0.1, -0.05) is 18.2 Å². The zero-order chi connectivity index (χ0) is 20.5. The Morgan fingerprint density at radius 3 is 2.62 bits per heavy atom. The summed E-state index contributed by atoms with van der Waals surface area (Å²) in [4.78, 5) is 7.91. The van der Waals surface area contributed by atoms with E-state index in [1.165, 1.54) is 12.3 Å². The van der Waals surface area contributed by atoms with Crippen molar-refractivity contribution in [2.24, 2.45) is 0 Å². The number of nitrogens with zero attached hydrogens (tertiary/aromatic N) is 3. The Hall–Kier alpha value is -3.42. The lowest BCUT2D eigenvalue weighted by Crippen LogP contribution is -2.05. The second-order valence-corrected chi connectivity index (χ2v) is 6.45. The van der Waals surface area contributed by atoms with Crippen LogP contribution in [-0.2, 0) is 6.42 Å². The van der Waals surface area contributed by atoms with Crippen LogP contribution in [0.5, 0.6) is 5.75 Å². The summed E-state index contributed by atoms with van der Waals surface area (Å²) in [7, 11) is 0. The number of halogens is 4. The molecule has 4 rings (SSSR count). The highest BCUT2D eigenvalue weighted by Crippen LogP contribution is 2.27. The van der Waals surface area contributed by atoms with Crippen molar-refractivity contribution in [2.45, 2.75) is 20.0 Å². The number of hydrogen-bond acceptors (Lipinski definition) is 3. The van der Waals surface area contributed by atoms with Crippen LogP contribution >= 0.6 is 0 Å². The minimum absolute atomic E-state index is 0.0952. The topological polar surface area (TPSA) is 39.4 Å². The van der Waals surface area contributed by atoms with Crippen molar-refractivity contribution in [3.05, 3.63) is 83.6 Å². The van der Waals surface area contributed by atoms with Crippen molar-refractivity contribution in [1.29, 1.82) is 0 Å². The van der Waals surface area contributed by atoms with Crippen LogP contribution in [0.3, 0.4) is 0 Å². The molecule has 0 aliphatic heterocycles. The van der Waals surface area contributed by atoms with Gasteiger partial charge in [-0.25, -0.2) is 14.4 Å². The van der Waals surface area contributed by atoms with Crippen LogP contribution in [0.1, 0.15) is 17.0 Å². The van der Waals surface area contributed by atoms with Crippen LogP contribution in [0.2, 0.25) is 0 Å². The maximum absolute atomic E-state index is 13.6. The van der Waals surface area contributed by atoms with Crippen molar-refractivity contribution >= 4 is 5.65 Å². The summed E-state index contributed by atoms with van der Waals surface area (Å²) in [6, 6.07) is 11.1. The molecule has 0 saturated heterocycles. The molecule has 0 saturated carbocycles. The van der Waals surface area contributed by atoms with Gasteiger partial charge < -0.3 is 9.14 Å². The Morgan fingerprint density at radius 1 is 1.07 bits per heavy atom. The fraction of sp³-hybridized carbons (Fsp3) is 0.143. The lowest BCUT2D eigenvalue weighted by atomic mass is 10.1. The van der Waals surface area contributed by atoms with E-state index in [0.717, 1.165) is 17.5 Å². The van der Waals surface area contributed by atoms with Gasteiger partial charge in [-0.15, -0.1) is 0 Å². The van der Waals surface area contributed by atoms with E-state index >= 15 is 0 Å². The van der Waals surface area contributed by atoms with Crippen molar-refractivity contribution < 1.29 is 22.3 Å². The number of aryl methyl sites for hydroxylation is 1. The van der Waals surface area contributed by atoms with E-state index < -0.39 is 18.4 Å². The first-order chi connectivity index (χ1) is 13.9. The van der Waals surface area contributed by atoms with Gasteiger partial charge in [0, 0.05) is 41.2 Å². The summed E-state index contributed by atoms with van der Waals surface area (Å²) in [5, 5.41) is 0. The number of rotatable bonds is 5. The molecule has 0 N–H and O–H groups in total. The van der Waals surface area contributed by atoms with Crippen LogP contribution in [0.4, 0.5) is 17.6 Å². The summed E-state index contributed by atoms with van der Waals surface area (Å²) in [5.74, 6) is -2.11. The van der Waals surface area contributed by atoms with Crippen molar-refractivity contribution in [3.8, 4) is 16.9 Å². The largest absolute Gasteiger partial charge is 0.435 e. The van der Waals surface area contributed by atoms with Gasteiger partial charge in [-0.3, -0.25) is 0 Å². The number of pyridine rings is 2. The van der Waals surface area contributed by atoms with E-state index in [1.54, 1.807) is 40.9 Å². The highest BCUT2D eigenvalue weighted by molar-refractivity contribution is 5.64. The average molecular weight is 401 g/mol. The van der Waals surface area contributed by atoms with Crippen molar-refractivity contribution in [1.82, 2.24) is 14.4 Å². The first kappa shape index (κ1) is 18.9. The molecule has 0 radical (unpaired) electrons. The Bertz CT molecular complexity index is 1190. The molecule has 3 heterocycles. The summed E-state index contributed by atoms with van der Waals surface area (Å²) >= 11 is 0. The van der Waals surface area contributed by atoms with Crippen LogP contribution in [0.25, 0.3) is 16.8 Å². The molecule has 8 heteroatoms. The SMILES string of the molecule is Cc1nc2ccc(-c3cnc(F)c(F)c3)cn2c1Cc1ccccc1OC(F)F. The summed E-state index contributed by atoms with van der Waals surface area (Å²) in [6.07, 6.45) is 3.28. The number of imidazole rings is 1. The predicted octanol–water partition coefficient (Wildman–Crippen LogP) is 5.18. The molecule has 0 bridgehead atoms. The molecule has 0 aliphatic carbocycles. The van der Waals surface area contributed by atoms with Gasteiger partial charge in [-0.05, 0) is 31.2 Å². The Morgan fingerprint density at radius 2 is 1.86 bits per heavy atom. The molecular weight excluding hydrogens is 386 g/mol. The number of benzene rings is 1. The summed E-state index contributed by atoms with van der Waals surface area (Å²) in [6.45, 7) is -1.11. The molecule has 4 nitrogen and oxygen atoms in total. The van der Waals surface area contributed by atoms with E-state index in [0.29, 0.717) is 28.8 Å². The average Bonchev–Trinajstić information content (AvgIpc) is 3.00. The maximum Gasteiger partial charge on any atom is 0.387 e. The molecule has 1 aromatic carbocycles. The van der Waals surface area contributed by atoms with Gasteiger partial charge in [0.15, 0.2) is 5.82 Å². The van der Waals surface area contributed by atoms with Gasteiger partial charge in [0.2, 0.25) is 5.95 Å². The molecule has 0 spiro atoms. The third-order valence-corrected chi connectivity index (χ3v) is 4.59. The monoisotopic (exact) mass is 401 g/mol. The fourth-order valence-electron chi connectivity index (χ4n) is 3.22. The molecular formula is C21H15F4N3O. The number of ether oxygens (including phenoxy) is 1. The maximum atomic E-state index is 13.6. The normalized spacial score (nSPS) is 11.4. The van der Waals surface area contributed by atoms with E-state index in [1.807, 2.05) is 6.92 Å². The van der Waals surface area contributed by atoms with Gasteiger partial charge in [0.25, 0.3) is 0 Å². The van der Waals surface area contributed by atoms with E-state index in [-0.39, 0.29) is 5.75 Å². The number of fused-ring (bicyclic) bond motifs is 1. The fourth-order valence-corrected chi connectivity index (χ4v) is 3.22. The number of para-hydroxylation sites is 1. The minimum atomic E-state index is -2.92. The zero-order valence-corrected chi connectivity index (χ0v) is 15.2. The van der Waals surface area contributed by atoms with Crippen molar-refractivity contribution in [2.75, 3.05) is 0 Å². The lowest BCUT2D eigenvalue weighted by molar-refractivity contribution is -0.0503. The Labute approximate surface area is 163 Å². The third kappa shape index (κ3) is 3.78. The van der Waals surface area contributed by atoms with Crippen LogP contribution < -0.4 is 4.74 Å². The highest BCUT2D eigenvalue weighted by Gasteiger charge is 2.15. The van der Waals surface area contributed by atoms with E-state index in [4.69, 9.17) is 0 Å². The lowest BCUT2D eigenvalue weighted by Gasteiger charge is -2.11. The number of alkyl halides is 2. The third-order valence-electron chi connectivity index (χ3n) is 4.59. The molecule has 3 aromatic heterocycles. The minimum Gasteiger partial charge on any atom is -0.435 e. The molecule has 29 heavy (non-hydrogen) atoms. The molecule has 148 valence electrons. The highest BCUT2D eigenvalue weighted by atomic mass is 19.3. The predicted molar refractivity (Wildman–Crippen MR) is 99.0 cm³/mol. The van der Waals surface area contributed by atoms with Gasteiger partial charge >= 0.3 is 6.61 Å². The van der Waals surface area contributed by atoms with Gasteiger partial charge in [0.1, 0.15) is 11.4 Å². The molecule has 0 aliphatic rings. The second-order valence-electron chi connectivity index (χ2n) is 6.45. The molecule has 0 atom stereocenters. The summed E-state index contributed by atoms with van der Waals surface area (Å²) < 4.78 is 58.5. The molecule has 4 aromatic rings. The first-order valence-electron chi connectivity index (χ1n) is 8.74. The van der Waals surface area contributed by atoms with Crippen LogP contribution in [0.15, 0.2) is 54.9 Å². The Kier molecular flexibility index (Phi) is 4.92. The number of hydrogen-bond donors (Lipinski definition) is 0. The molecule has 0 fully saturated rings. The molecule has 0 unspecified atom stereocenters. The summed E-state index contributed by atoms with van der Waals surface area (Å²) in [5.41, 5.74) is 3.73. The van der Waals surface area contributed by atoms with Crippen LogP contribution in [-0.4, -0.2) is 21.0 Å². The smallest absolute Gasteiger partial charge is 0.387 e. The quantitative estimate of drug-likeness (QED) is 0.342. The first-order valence-corrected chi connectivity index (χ1v) is 8.74. The van der Waals surface area contributed by atoms with Gasteiger partial charge in [-0.2, -0.15) is 13.2 Å². The van der Waals surface area contributed by atoms with Crippen LogP contribution in [0, 0.1) is 18.7 Å². The standard InChI is InChI=1S/C21H15F4N3O/c1-12-17(9-13-4-2-3-5-18(13)29-21(24)25)28-11-14(6-7-19(28)27-12)15-8-16(22)20(23)26-10-15/h2-8,10-11,21H,9H2,1H3. The second kappa shape index (κ2) is 7.54. The number of aromatic nitrogens is 3. The van der Waals surface area contributed by atoms with E-state index in [9.17, 15) is 17.6 Å². The van der Waals surface area contributed by atoms with E-state index in [2.05, 4.69) is 14.7 Å². The molecule has 0 amide bonds.